The highest BCUT2D eigenvalue weighted by molar-refractivity contribution is 9.10. The molecule has 7 N–H and O–H groups in total. The van der Waals surface area contributed by atoms with Crippen LogP contribution in [0.5, 0.6) is 0 Å². The first-order valence-corrected chi connectivity index (χ1v) is 37.5. The van der Waals surface area contributed by atoms with Crippen LogP contribution in [0.2, 0.25) is 0 Å². The fourth-order valence-corrected chi connectivity index (χ4v) is 17.5. The number of allylic oxidation sites excluding steroid dienone is 1. The number of nitrogens with zero attached hydrogens (tertiary/aromatic N) is 3. The Labute approximate surface area is 602 Å². The molecule has 0 bridgehead atoms. The van der Waals surface area contributed by atoms with Crippen LogP contribution in [0.25, 0.3) is 0 Å². The van der Waals surface area contributed by atoms with Gasteiger partial charge in [0.15, 0.2) is 15.5 Å². The highest BCUT2D eigenvalue weighted by Gasteiger charge is 2.51. The molecule has 3 fully saturated rings. The molecule has 15 nitrogen and oxygen atoms in total. The molecule has 0 saturated heterocycles. The summed E-state index contributed by atoms with van der Waals surface area (Å²) in [5, 5.41) is 21.1. The van der Waals surface area contributed by atoms with Crippen LogP contribution < -0.4 is 22.2 Å². The van der Waals surface area contributed by atoms with Gasteiger partial charge in [-0.3, -0.25) is 20.3 Å². The number of benzene rings is 5. The Hall–Kier alpha value is -5.84. The van der Waals surface area contributed by atoms with E-state index >= 15 is 0 Å². The largest absolute Gasteiger partial charge is 0.534 e. The zero-order chi connectivity index (χ0) is 72.0. The van der Waals surface area contributed by atoms with Crippen LogP contribution in [-0.2, 0) is 51.8 Å². The summed E-state index contributed by atoms with van der Waals surface area (Å²) < 4.78 is 181. The van der Waals surface area contributed by atoms with Gasteiger partial charge in [-0.1, -0.05) is 124 Å². The lowest BCUT2D eigenvalue weighted by Gasteiger charge is -2.44. The van der Waals surface area contributed by atoms with Crippen LogP contribution in [0.1, 0.15) is 139 Å². The van der Waals surface area contributed by atoms with E-state index in [1.54, 1.807) is 0 Å². The number of esters is 1. The lowest BCUT2D eigenvalue weighted by Crippen LogP contribution is -2.45. The number of amides is 1. The van der Waals surface area contributed by atoms with Gasteiger partial charge in [-0.25, -0.2) is 44.7 Å². The number of carbonyl (C=O) groups excluding carboxylic acids is 2. The van der Waals surface area contributed by atoms with E-state index in [1.807, 2.05) is 30.3 Å². The monoisotopic (exact) mass is 1610 g/mol. The number of aliphatic imine (C=N–C) groups is 3. The van der Waals surface area contributed by atoms with Gasteiger partial charge < -0.3 is 35.2 Å². The van der Waals surface area contributed by atoms with Crippen molar-refractivity contribution in [3.8, 4) is 0 Å². The molecule has 7 aliphatic rings. The Balaban J connectivity index is 0.000000181. The van der Waals surface area contributed by atoms with Gasteiger partial charge in [0.05, 0.1) is 37.7 Å². The van der Waals surface area contributed by atoms with Crippen molar-refractivity contribution < 1.29 is 90.0 Å². The number of thioether (sulfide) groups is 3. The number of hydrogen-bond acceptors (Lipinski definition) is 17. The number of carbonyl (C=O) groups is 2. The molecule has 100 heavy (non-hydrogen) atoms. The van der Waals surface area contributed by atoms with E-state index in [4.69, 9.17) is 31.2 Å². The number of nitrogens with one attached hydrogen (secondary N) is 1. The van der Waals surface area contributed by atoms with E-state index in [2.05, 4.69) is 56.1 Å². The second-order valence-corrected chi connectivity index (χ2v) is 30.3. The molecule has 5 aromatic carbocycles. The molecule has 544 valence electrons. The van der Waals surface area contributed by atoms with E-state index < -0.39 is 104 Å². The van der Waals surface area contributed by atoms with Crippen molar-refractivity contribution >= 4 is 117 Å². The summed E-state index contributed by atoms with van der Waals surface area (Å²) in [5.74, 6) is -3.33. The fourth-order valence-electron chi connectivity index (χ4n) is 13.0. The van der Waals surface area contributed by atoms with Crippen LogP contribution in [0.3, 0.4) is 0 Å². The second-order valence-electron chi connectivity index (χ2n) is 24.0. The molecule has 3 aliphatic heterocycles. The van der Waals surface area contributed by atoms with E-state index in [1.165, 1.54) is 66.5 Å². The first-order chi connectivity index (χ1) is 46.9. The van der Waals surface area contributed by atoms with Gasteiger partial charge in [0.1, 0.15) is 58.9 Å². The Bertz CT molecular complexity index is 3970. The van der Waals surface area contributed by atoms with Gasteiger partial charge in [0.25, 0.3) is 0 Å². The first-order valence-electron chi connectivity index (χ1n) is 31.6. The normalized spacial score (nSPS) is 23.1. The van der Waals surface area contributed by atoms with Crippen molar-refractivity contribution in [3.05, 3.63) is 180 Å². The summed E-state index contributed by atoms with van der Waals surface area (Å²) >= 11 is 10.8. The molecule has 6 atom stereocenters. The smallest absolute Gasteiger partial charge is 0.463 e. The van der Waals surface area contributed by atoms with Gasteiger partial charge in [-0.05, 0) is 144 Å². The van der Waals surface area contributed by atoms with Crippen LogP contribution >= 0.6 is 67.1 Å². The summed E-state index contributed by atoms with van der Waals surface area (Å²) in [5.41, 5.74) is 5.98. The molecule has 0 unspecified atom stereocenters. The van der Waals surface area contributed by atoms with Crippen LogP contribution in [-0.4, -0.2) is 82.5 Å². The SMILES string of the molecule is C.CCOC(=O)C1=C(OS(=O)(=O)C(F)(F)F)CCCC1.NC1=N[C@@]2(c3cc(Br)c(F)cc3F)CCCC[C@H]2CS1.NC1=N[C@@]2(c3ccc(F)cc3F)CCCC[C@H]2CS1.O=C(NC1=N[C@@]2(c3cc(Br)c(F)cc3F)CCCC[C@H]2CS1)OCc1ccccc1.OB(O)c1ccc(F)cc1F. The molecule has 0 spiro atoms. The van der Waals surface area contributed by atoms with Gasteiger partial charge in [0.2, 0.25) is 0 Å². The van der Waals surface area contributed by atoms with E-state index in [-0.39, 0.29) is 65.3 Å². The van der Waals surface area contributed by atoms with Crippen molar-refractivity contribution in [2.45, 2.75) is 146 Å². The van der Waals surface area contributed by atoms with Gasteiger partial charge in [-0.15, -0.1) is 0 Å². The summed E-state index contributed by atoms with van der Waals surface area (Å²) in [4.78, 5) is 37.8. The number of nitrogens with two attached hydrogens (primary N) is 2. The third kappa shape index (κ3) is 20.1. The number of ether oxygens (including phenoxy) is 2. The van der Waals surface area contributed by atoms with E-state index in [0.717, 1.165) is 118 Å². The zero-order valence-electron chi connectivity index (χ0n) is 53.1. The van der Waals surface area contributed by atoms with Gasteiger partial charge >= 0.3 is 34.8 Å². The third-order valence-electron chi connectivity index (χ3n) is 17.8. The van der Waals surface area contributed by atoms with Crippen molar-refractivity contribution in [3.63, 3.8) is 0 Å². The summed E-state index contributed by atoms with van der Waals surface area (Å²) in [6, 6.07) is 20.6. The molecular weight excluding hydrogens is 1540 g/mol. The van der Waals surface area contributed by atoms with Crippen molar-refractivity contribution in [1.29, 1.82) is 0 Å². The summed E-state index contributed by atoms with van der Waals surface area (Å²) in [7, 11) is -7.64. The highest BCUT2D eigenvalue weighted by atomic mass is 79.9. The predicted molar refractivity (Wildman–Crippen MR) is 374 cm³/mol. The maximum absolute atomic E-state index is 14.8. The van der Waals surface area contributed by atoms with Crippen LogP contribution in [0.15, 0.2) is 126 Å². The van der Waals surface area contributed by atoms with Crippen molar-refractivity contribution in [1.82, 2.24) is 5.32 Å². The molecule has 1 amide bonds. The van der Waals surface area contributed by atoms with Gasteiger partial charge in [-0.2, -0.15) is 21.6 Å². The zero-order valence-corrected chi connectivity index (χ0v) is 59.6. The molecule has 33 heteroatoms. The fraction of sp³-hybridized carbons (Fsp3) is 0.448. The molecule has 3 heterocycles. The number of alkyl halides is 3. The topological polar surface area (TPSA) is 238 Å². The lowest BCUT2D eigenvalue weighted by molar-refractivity contribution is -0.139. The minimum atomic E-state index is -5.74. The minimum Gasteiger partial charge on any atom is -0.463 e. The average Bonchev–Trinajstić information content (AvgIpc) is 0.760. The van der Waals surface area contributed by atoms with E-state index in [9.17, 15) is 66.3 Å². The van der Waals surface area contributed by atoms with E-state index in [0.29, 0.717) is 69.2 Å². The number of amidine groups is 3. The Kier molecular flexibility index (Phi) is 29.4. The van der Waals surface area contributed by atoms with Gasteiger partial charge in [0, 0.05) is 70.1 Å². The predicted octanol–water partition coefficient (Wildman–Crippen LogP) is 16.3. The van der Waals surface area contributed by atoms with Crippen molar-refractivity contribution in [2.24, 2.45) is 44.2 Å². The minimum absolute atomic E-state index is 0. The molecular formula is C67H74BBr2F11N6O9S4. The lowest BCUT2D eigenvalue weighted by atomic mass is 9.69. The molecule has 12 rings (SSSR count). The molecule has 3 saturated carbocycles. The maximum Gasteiger partial charge on any atom is 0.534 e. The number of rotatable bonds is 10. The molecule has 4 aliphatic carbocycles. The first kappa shape index (κ1) is 81.5. The third-order valence-corrected chi connectivity index (χ3v) is 22.9. The molecule has 5 aromatic rings. The molecule has 0 aromatic heterocycles. The quantitative estimate of drug-likeness (QED) is 0.0218. The Morgan fingerprint density at radius 3 is 1.57 bits per heavy atom. The highest BCUT2D eigenvalue weighted by Crippen LogP contribution is 2.53. The average molecular weight is 1620 g/mol. The second kappa shape index (κ2) is 36.0. The Morgan fingerprint density at radius 2 is 1.08 bits per heavy atom. The van der Waals surface area contributed by atoms with Crippen LogP contribution in [0.4, 0.5) is 53.1 Å². The standard InChI is InChI=1S/C22H21BrF2N2O2S.C14H15BrF2N2S.C14H16F2N2S.C10H13F3O5S.C6H5BF2O2.CH4/c23-17-10-16(18(24)11-19(17)25)22-9-5-4-8-15(22)13-30-20(27-22)26-21(28)29-12-14-6-2-1-3-7-14;15-10-5-9(11(16)6-12(10)17)14-4-2-1-3-8(14)7-20-13(18)19-14;15-10-4-5-11(12(16)7-10)14-6-2-1-3-9(14)8-19-13(17)18-14;1-2-17-9(14)7-5-3-4-6-8(7)18-19(15,16)10(11,12)13;8-4-1-2-5(7(10)11)6(9)3-4;/h1-3,6-7,10-11,15H,4-5,8-9,12-13H2,(H,26,27,28);5-6,8H,1-4,7H2,(H2,18,19);4-5,7,9H,1-3,6,8H2,(H2,17,18);2-6H2,1H3;1-3,10-11H;1H4/t15-,22-;8-,14-;9-,14-;;;/m000.../s1. The number of fused-ring (bicyclic) bond motifs is 3. The number of halogens is 13. The number of hydrogen-bond donors (Lipinski definition) is 5. The number of alkyl carbamates (subject to hydrolysis) is 1. The summed E-state index contributed by atoms with van der Waals surface area (Å²) in [6.07, 6.45) is 11.9. The maximum atomic E-state index is 14.8. The molecule has 0 radical (unpaired) electrons. The Morgan fingerprint density at radius 1 is 0.610 bits per heavy atom. The van der Waals surface area contributed by atoms with Crippen LogP contribution in [0, 0.1) is 64.3 Å². The van der Waals surface area contributed by atoms with Crippen molar-refractivity contribution in [2.75, 3.05) is 23.9 Å². The summed E-state index contributed by atoms with van der Waals surface area (Å²) in [6.45, 7) is 1.73.